The standard InChI is InChI=1S/C22H23N7O2/c1-13(2)11-31-16-6-4-15(5-7-16)17-10-20(30)24-22-21(17)14(3)26-29(22)19-9-8-18-25-23-12-28(18)27-19/h4-9,12-13,17H,10-11H2,1-3H3,(H,24,30)/t17-/m0/s1. The Morgan fingerprint density at radius 1 is 1.16 bits per heavy atom. The predicted molar refractivity (Wildman–Crippen MR) is 115 cm³/mol. The highest BCUT2D eigenvalue weighted by Crippen LogP contribution is 2.40. The molecule has 0 radical (unpaired) electrons. The second-order valence-electron chi connectivity index (χ2n) is 8.16. The van der Waals surface area contributed by atoms with E-state index in [1.54, 1.807) is 9.20 Å². The molecular weight excluding hydrogens is 394 g/mol. The van der Waals surface area contributed by atoms with Crippen LogP contribution in [0.3, 0.4) is 0 Å². The fourth-order valence-corrected chi connectivity index (χ4v) is 3.89. The zero-order valence-electron chi connectivity index (χ0n) is 17.6. The van der Waals surface area contributed by atoms with Gasteiger partial charge in [0.25, 0.3) is 0 Å². The summed E-state index contributed by atoms with van der Waals surface area (Å²) >= 11 is 0. The Bertz CT molecular complexity index is 1260. The van der Waals surface area contributed by atoms with Gasteiger partial charge in [0.1, 0.15) is 17.9 Å². The number of hydrogen-bond donors (Lipinski definition) is 1. The van der Waals surface area contributed by atoms with Crippen molar-refractivity contribution in [2.75, 3.05) is 11.9 Å². The Kier molecular flexibility index (Phi) is 4.65. The molecule has 3 aromatic heterocycles. The number of aromatic nitrogens is 6. The quantitative estimate of drug-likeness (QED) is 0.536. The van der Waals surface area contributed by atoms with Crippen molar-refractivity contribution in [3.8, 4) is 11.6 Å². The number of rotatable bonds is 5. The summed E-state index contributed by atoms with van der Waals surface area (Å²) in [6, 6.07) is 11.6. The molecule has 0 saturated heterocycles. The van der Waals surface area contributed by atoms with Crippen molar-refractivity contribution in [3.63, 3.8) is 0 Å². The van der Waals surface area contributed by atoms with Crippen LogP contribution in [0.25, 0.3) is 11.5 Å². The van der Waals surface area contributed by atoms with Crippen LogP contribution in [0.4, 0.5) is 5.82 Å². The molecule has 9 heteroatoms. The average molecular weight is 417 g/mol. The minimum absolute atomic E-state index is 0.0517. The summed E-state index contributed by atoms with van der Waals surface area (Å²) in [4.78, 5) is 12.6. The van der Waals surface area contributed by atoms with E-state index in [9.17, 15) is 4.79 Å². The zero-order chi connectivity index (χ0) is 21.5. The largest absolute Gasteiger partial charge is 0.493 e. The lowest BCUT2D eigenvalue weighted by Gasteiger charge is -2.24. The lowest BCUT2D eigenvalue weighted by molar-refractivity contribution is -0.116. The number of carbonyl (C=O) groups is 1. The predicted octanol–water partition coefficient (Wildman–Crippen LogP) is 3.13. The Morgan fingerprint density at radius 3 is 2.74 bits per heavy atom. The third-order valence-electron chi connectivity index (χ3n) is 5.33. The van der Waals surface area contributed by atoms with Gasteiger partial charge in [0.05, 0.1) is 12.3 Å². The highest BCUT2D eigenvalue weighted by atomic mass is 16.5. The van der Waals surface area contributed by atoms with Gasteiger partial charge in [-0.25, -0.2) is 0 Å². The van der Waals surface area contributed by atoms with Gasteiger partial charge in [0.2, 0.25) is 5.91 Å². The summed E-state index contributed by atoms with van der Waals surface area (Å²) in [7, 11) is 0. The molecule has 0 aliphatic carbocycles. The first-order chi connectivity index (χ1) is 15.0. The van der Waals surface area contributed by atoms with Crippen LogP contribution in [0.15, 0.2) is 42.7 Å². The second-order valence-corrected chi connectivity index (χ2v) is 8.16. The van der Waals surface area contributed by atoms with Crippen molar-refractivity contribution < 1.29 is 9.53 Å². The Hall–Kier alpha value is -3.75. The molecule has 1 aliphatic rings. The molecule has 4 aromatic rings. The van der Waals surface area contributed by atoms with Gasteiger partial charge in [-0.05, 0) is 42.7 Å². The third kappa shape index (κ3) is 3.52. The van der Waals surface area contributed by atoms with Gasteiger partial charge >= 0.3 is 0 Å². The molecule has 1 aliphatic heterocycles. The molecule has 0 bridgehead atoms. The van der Waals surface area contributed by atoms with Gasteiger partial charge < -0.3 is 10.1 Å². The molecular formula is C22H23N7O2. The van der Waals surface area contributed by atoms with Gasteiger partial charge in [0.15, 0.2) is 11.5 Å². The van der Waals surface area contributed by atoms with E-state index in [2.05, 4.69) is 34.5 Å². The van der Waals surface area contributed by atoms with E-state index in [1.807, 2.05) is 43.3 Å². The van der Waals surface area contributed by atoms with Crippen LogP contribution >= 0.6 is 0 Å². The topological polar surface area (TPSA) is 99.2 Å². The number of nitrogens with zero attached hydrogens (tertiary/aromatic N) is 6. The van der Waals surface area contributed by atoms with Crippen LogP contribution in [0.1, 0.15) is 43.0 Å². The second kappa shape index (κ2) is 7.50. The minimum atomic E-state index is -0.0877. The summed E-state index contributed by atoms with van der Waals surface area (Å²) in [5.41, 5.74) is 3.55. The maximum Gasteiger partial charge on any atom is 0.226 e. The molecule has 1 aromatic carbocycles. The maximum absolute atomic E-state index is 12.6. The molecule has 0 fully saturated rings. The SMILES string of the molecule is Cc1nn(-c2ccc3nncn3n2)c2c1[C@H](c1ccc(OCC(C)C)cc1)CC(=O)N2. The number of ether oxygens (including phenoxy) is 1. The van der Waals surface area contributed by atoms with Crippen molar-refractivity contribution in [2.24, 2.45) is 5.92 Å². The van der Waals surface area contributed by atoms with Crippen molar-refractivity contribution >= 4 is 17.4 Å². The number of aryl methyl sites for hydroxylation is 1. The fourth-order valence-electron chi connectivity index (χ4n) is 3.89. The molecule has 158 valence electrons. The first kappa shape index (κ1) is 19.2. The number of nitrogens with one attached hydrogen (secondary N) is 1. The van der Waals surface area contributed by atoms with Crippen LogP contribution in [-0.2, 0) is 4.79 Å². The van der Waals surface area contributed by atoms with Crippen LogP contribution < -0.4 is 10.1 Å². The highest BCUT2D eigenvalue weighted by molar-refractivity contribution is 5.95. The van der Waals surface area contributed by atoms with E-state index in [0.717, 1.165) is 22.6 Å². The van der Waals surface area contributed by atoms with Gasteiger partial charge in [-0.1, -0.05) is 26.0 Å². The minimum Gasteiger partial charge on any atom is -0.493 e. The number of anilines is 1. The Morgan fingerprint density at radius 2 is 1.97 bits per heavy atom. The number of amides is 1. The summed E-state index contributed by atoms with van der Waals surface area (Å²) in [6.45, 7) is 6.86. The van der Waals surface area contributed by atoms with E-state index in [4.69, 9.17) is 9.84 Å². The fraction of sp³-hybridized carbons (Fsp3) is 0.318. The van der Waals surface area contributed by atoms with Gasteiger partial charge in [-0.2, -0.15) is 14.3 Å². The lowest BCUT2D eigenvalue weighted by atomic mass is 9.86. The number of carbonyl (C=O) groups excluding carboxylic acids is 1. The number of benzene rings is 1. The molecule has 4 heterocycles. The molecule has 1 amide bonds. The normalized spacial score (nSPS) is 15.9. The first-order valence-corrected chi connectivity index (χ1v) is 10.3. The molecule has 0 saturated carbocycles. The highest BCUT2D eigenvalue weighted by Gasteiger charge is 2.33. The van der Waals surface area contributed by atoms with Gasteiger partial charge in [0, 0.05) is 17.9 Å². The average Bonchev–Trinajstić information content (AvgIpc) is 3.36. The molecule has 5 rings (SSSR count). The van der Waals surface area contributed by atoms with Crippen molar-refractivity contribution in [2.45, 2.75) is 33.1 Å². The monoisotopic (exact) mass is 417 g/mol. The number of hydrogen-bond acceptors (Lipinski definition) is 6. The van der Waals surface area contributed by atoms with Gasteiger partial charge in [-0.3, -0.25) is 4.79 Å². The maximum atomic E-state index is 12.6. The molecule has 0 unspecified atom stereocenters. The smallest absolute Gasteiger partial charge is 0.226 e. The van der Waals surface area contributed by atoms with E-state index in [1.165, 1.54) is 6.33 Å². The van der Waals surface area contributed by atoms with Crippen molar-refractivity contribution in [1.29, 1.82) is 0 Å². The van der Waals surface area contributed by atoms with Crippen molar-refractivity contribution in [3.05, 3.63) is 59.5 Å². The van der Waals surface area contributed by atoms with Crippen LogP contribution in [-0.4, -0.2) is 42.1 Å². The molecule has 31 heavy (non-hydrogen) atoms. The summed E-state index contributed by atoms with van der Waals surface area (Å²) < 4.78 is 9.05. The number of fused-ring (bicyclic) bond motifs is 2. The Labute approximate surface area is 179 Å². The van der Waals surface area contributed by atoms with E-state index in [-0.39, 0.29) is 11.8 Å². The van der Waals surface area contributed by atoms with E-state index in [0.29, 0.717) is 36.2 Å². The zero-order valence-corrected chi connectivity index (χ0v) is 17.6. The molecule has 9 nitrogen and oxygen atoms in total. The third-order valence-corrected chi connectivity index (χ3v) is 5.33. The summed E-state index contributed by atoms with van der Waals surface area (Å²) in [6.07, 6.45) is 1.90. The first-order valence-electron chi connectivity index (χ1n) is 10.3. The van der Waals surface area contributed by atoms with Crippen LogP contribution in [0, 0.1) is 12.8 Å². The molecule has 1 atom stereocenters. The van der Waals surface area contributed by atoms with Crippen LogP contribution in [0.2, 0.25) is 0 Å². The Balaban J connectivity index is 1.52. The lowest BCUT2D eigenvalue weighted by Crippen LogP contribution is -2.25. The summed E-state index contributed by atoms with van der Waals surface area (Å²) in [5, 5.41) is 20.0. The van der Waals surface area contributed by atoms with Crippen LogP contribution in [0.5, 0.6) is 5.75 Å². The molecule has 0 spiro atoms. The summed E-state index contributed by atoms with van der Waals surface area (Å²) in [5.74, 6) is 2.38. The van der Waals surface area contributed by atoms with E-state index < -0.39 is 0 Å². The van der Waals surface area contributed by atoms with Gasteiger partial charge in [-0.15, -0.1) is 15.3 Å². The molecule has 1 N–H and O–H groups in total. The van der Waals surface area contributed by atoms with E-state index >= 15 is 0 Å². The van der Waals surface area contributed by atoms with Crippen molar-refractivity contribution in [1.82, 2.24) is 29.6 Å².